The normalized spacial score (nSPS) is 18.8. The molecule has 2 aliphatic heterocycles. The number of anilines is 1. The molecule has 0 amide bonds. The van der Waals surface area contributed by atoms with Crippen molar-refractivity contribution in [3.05, 3.63) is 71.5 Å². The Morgan fingerprint density at radius 1 is 0.925 bits per heavy atom. The Balaban J connectivity index is 0.00000441. The summed E-state index contributed by atoms with van der Waals surface area (Å²) < 4.78 is 69.9. The zero-order valence-electron chi connectivity index (χ0n) is 23.1. The molecule has 0 bridgehead atoms. The van der Waals surface area contributed by atoms with E-state index < -0.39 is 31.1 Å². The van der Waals surface area contributed by atoms with E-state index in [1.807, 2.05) is 55.4 Å². The molecular weight excluding hydrogens is 584 g/mol. The van der Waals surface area contributed by atoms with Crippen molar-refractivity contribution >= 4 is 37.3 Å². The Kier molecular flexibility index (Phi) is 9.82. The molecule has 2 aromatic carbocycles. The summed E-state index contributed by atoms with van der Waals surface area (Å²) >= 11 is 0. The summed E-state index contributed by atoms with van der Waals surface area (Å²) in [5.74, 6) is 0. The number of rotatable bonds is 8. The summed E-state index contributed by atoms with van der Waals surface area (Å²) in [7, 11) is -9.05. The fraction of sp³-hybridized carbons (Fsp3) is 0.370. The molecule has 13 heteroatoms. The average molecular weight is 616 g/mol. The van der Waals surface area contributed by atoms with Crippen LogP contribution in [0.1, 0.15) is 38.8 Å². The van der Waals surface area contributed by atoms with Crippen LogP contribution in [0.5, 0.6) is 0 Å². The molecule has 4 rings (SSSR count). The summed E-state index contributed by atoms with van der Waals surface area (Å²) in [5, 5.41) is 19.5. The maximum Gasteiger partial charge on any atom is 1.00 e. The van der Waals surface area contributed by atoms with Crippen LogP contribution in [0.15, 0.2) is 70.1 Å². The molecule has 0 fully saturated rings. The number of hydrogen-bond donors (Lipinski definition) is 3. The van der Waals surface area contributed by atoms with E-state index in [-0.39, 0.29) is 87.5 Å². The van der Waals surface area contributed by atoms with Crippen molar-refractivity contribution in [2.75, 3.05) is 31.2 Å². The second kappa shape index (κ2) is 11.8. The first-order valence-electron chi connectivity index (χ1n) is 12.3. The van der Waals surface area contributed by atoms with Gasteiger partial charge in [-0.2, -0.15) is 13.0 Å². The smallest absolute Gasteiger partial charge is 0.744 e. The first kappa shape index (κ1) is 33.3. The first-order chi connectivity index (χ1) is 18.0. The predicted molar refractivity (Wildman–Crippen MR) is 145 cm³/mol. The van der Waals surface area contributed by atoms with E-state index in [2.05, 4.69) is 0 Å². The van der Waals surface area contributed by atoms with E-state index in [1.165, 1.54) is 24.3 Å². The summed E-state index contributed by atoms with van der Waals surface area (Å²) in [6.07, 6.45) is 5.53. The number of fused-ring (bicyclic) bond motifs is 2. The largest absolute Gasteiger partial charge is 1.00 e. The third kappa shape index (κ3) is 5.97. The average Bonchev–Trinajstić information content (AvgIpc) is 3.17. The van der Waals surface area contributed by atoms with Crippen LogP contribution in [0.3, 0.4) is 0 Å². The Bertz CT molecular complexity index is 1640. The van der Waals surface area contributed by atoms with E-state index in [0.29, 0.717) is 16.8 Å². The van der Waals surface area contributed by atoms with Crippen LogP contribution >= 0.6 is 0 Å². The van der Waals surface area contributed by atoms with Gasteiger partial charge in [0.1, 0.15) is 16.7 Å². The number of aliphatic hydroxyl groups excluding tert-OH is 2. The Labute approximate surface area is 277 Å². The van der Waals surface area contributed by atoms with Gasteiger partial charge in [0.2, 0.25) is 5.69 Å². The van der Waals surface area contributed by atoms with Crippen molar-refractivity contribution < 1.29 is 92.1 Å². The molecule has 2 aromatic rings. The van der Waals surface area contributed by atoms with E-state index in [0.717, 1.165) is 17.1 Å². The van der Waals surface area contributed by atoms with Gasteiger partial charge in [-0.25, -0.2) is 8.42 Å². The van der Waals surface area contributed by atoms with Gasteiger partial charge in [-0.15, -0.1) is 0 Å². The molecule has 0 saturated heterocycles. The fourth-order valence-electron chi connectivity index (χ4n) is 5.54. The van der Waals surface area contributed by atoms with E-state index >= 15 is 0 Å². The Hall–Kier alpha value is -1.23. The molecule has 0 aliphatic carbocycles. The van der Waals surface area contributed by atoms with Gasteiger partial charge in [-0.05, 0) is 55.8 Å². The van der Waals surface area contributed by atoms with E-state index in [4.69, 9.17) is 0 Å². The van der Waals surface area contributed by atoms with Crippen LogP contribution < -0.4 is 56.3 Å². The SMILES string of the molecule is CC1(C)C(C=C/C=C2/N(CCO)c3ccc(S(=O)(=O)O)cc3C2(C)C)=[N+](CCO)c2ccc(S(=O)(=O)[O-])cc21.[K+]. The minimum atomic E-state index is -4.65. The molecule has 3 N–H and O–H groups in total. The summed E-state index contributed by atoms with van der Waals surface area (Å²) in [6.45, 7) is 7.86. The monoisotopic (exact) mass is 615 g/mol. The maximum absolute atomic E-state index is 11.8. The van der Waals surface area contributed by atoms with Gasteiger partial charge in [0.15, 0.2) is 12.3 Å². The van der Waals surface area contributed by atoms with Gasteiger partial charge >= 0.3 is 51.4 Å². The second-order valence-electron chi connectivity index (χ2n) is 10.6. The summed E-state index contributed by atoms with van der Waals surface area (Å²) in [5.41, 5.74) is 2.95. The molecule has 0 spiro atoms. The molecule has 0 saturated carbocycles. The molecule has 40 heavy (non-hydrogen) atoms. The molecule has 0 atom stereocenters. The van der Waals surface area contributed by atoms with Crippen molar-refractivity contribution in [2.45, 2.75) is 48.3 Å². The molecule has 0 radical (unpaired) electrons. The number of hydrogen-bond acceptors (Lipinski definition) is 8. The van der Waals surface area contributed by atoms with Gasteiger partial charge in [0.25, 0.3) is 10.1 Å². The van der Waals surface area contributed by atoms with Gasteiger partial charge < -0.3 is 19.7 Å². The number of benzene rings is 2. The molecule has 10 nitrogen and oxygen atoms in total. The number of allylic oxidation sites excluding steroid dienone is 4. The van der Waals surface area contributed by atoms with Crippen molar-refractivity contribution in [1.29, 1.82) is 0 Å². The van der Waals surface area contributed by atoms with Gasteiger partial charge in [0.05, 0.1) is 21.8 Å². The number of nitrogens with zero attached hydrogens (tertiary/aromatic N) is 2. The Morgan fingerprint density at radius 3 is 2.12 bits per heavy atom. The van der Waals surface area contributed by atoms with Crippen molar-refractivity contribution in [3.63, 3.8) is 0 Å². The predicted octanol–water partition coefficient (Wildman–Crippen LogP) is -0.560. The van der Waals surface area contributed by atoms with Crippen LogP contribution in [0.2, 0.25) is 0 Å². The van der Waals surface area contributed by atoms with E-state index in [1.54, 1.807) is 12.1 Å². The van der Waals surface area contributed by atoms with Crippen LogP contribution in [0, 0.1) is 0 Å². The molecular formula is C27H32KN2O8S2+. The van der Waals surface area contributed by atoms with Crippen molar-refractivity contribution in [1.82, 2.24) is 0 Å². The van der Waals surface area contributed by atoms with Gasteiger partial charge in [0, 0.05) is 41.1 Å². The fourth-order valence-corrected chi connectivity index (χ4v) is 6.54. The molecule has 0 aromatic heterocycles. The molecule has 2 heterocycles. The number of aliphatic hydroxyl groups is 2. The third-order valence-corrected chi connectivity index (χ3v) is 9.15. The summed E-state index contributed by atoms with van der Waals surface area (Å²) in [6, 6.07) is 8.59. The molecule has 210 valence electrons. The minimum Gasteiger partial charge on any atom is -0.744 e. The van der Waals surface area contributed by atoms with Crippen LogP contribution in [-0.2, 0) is 31.1 Å². The third-order valence-electron chi connectivity index (χ3n) is 7.47. The Morgan fingerprint density at radius 2 is 1.55 bits per heavy atom. The van der Waals surface area contributed by atoms with Crippen LogP contribution in [-0.4, -0.2) is 72.7 Å². The quantitative estimate of drug-likeness (QED) is 0.201. The standard InChI is InChI=1S/C27H32N2O8S2.K/c1-26(2)20-16-18(38(32,33)34)8-10-22(20)28(12-14-30)24(26)6-5-7-25-27(3,4)21-17-19(39(35,36)37)9-11-23(21)29(25)13-15-31;/h5-11,16-17,30-31H,12-15H2,1-4H3,(H-,32,33,34,35,36,37);/q;+1. The number of β-amino-alcohol motifs (C(OH)–C–C–N with tert-alkyl or cyclic N) is 2. The zero-order chi connectivity index (χ0) is 29.0. The van der Waals surface area contributed by atoms with Gasteiger partial charge in [-0.1, -0.05) is 19.9 Å². The van der Waals surface area contributed by atoms with Crippen LogP contribution in [0.4, 0.5) is 11.4 Å². The summed E-state index contributed by atoms with van der Waals surface area (Å²) in [4.78, 5) is 1.36. The topological polar surface area (TPSA) is 158 Å². The minimum absolute atomic E-state index is 0. The van der Waals surface area contributed by atoms with Crippen LogP contribution in [0.25, 0.3) is 0 Å². The molecule has 2 aliphatic rings. The van der Waals surface area contributed by atoms with Gasteiger partial charge in [-0.3, -0.25) is 4.55 Å². The van der Waals surface area contributed by atoms with Crippen molar-refractivity contribution in [3.8, 4) is 0 Å². The maximum atomic E-state index is 11.8. The van der Waals surface area contributed by atoms with E-state index in [9.17, 15) is 36.2 Å². The zero-order valence-corrected chi connectivity index (χ0v) is 27.9. The van der Waals surface area contributed by atoms with Crippen molar-refractivity contribution in [2.24, 2.45) is 0 Å². The second-order valence-corrected chi connectivity index (χ2v) is 13.4. The first-order valence-corrected chi connectivity index (χ1v) is 15.2. The molecule has 0 unspecified atom stereocenters.